The maximum Gasteiger partial charge on any atom is 0.407 e. The SMILES string of the molecule is CCOC(=O)c1c(COC(=O)C(C)(C)C)nc2ccc(OCC)cc2[n+]1[O-]. The van der Waals surface area contributed by atoms with E-state index in [0.717, 1.165) is 0 Å². The van der Waals surface area contributed by atoms with Crippen LogP contribution in [0.1, 0.15) is 50.8 Å². The number of aromatic nitrogens is 2. The molecule has 8 heteroatoms. The van der Waals surface area contributed by atoms with E-state index in [-0.39, 0.29) is 30.1 Å². The first-order chi connectivity index (χ1) is 12.7. The van der Waals surface area contributed by atoms with Crippen LogP contribution in [0.3, 0.4) is 0 Å². The van der Waals surface area contributed by atoms with Crippen LogP contribution < -0.4 is 9.47 Å². The molecule has 1 heterocycles. The average molecular weight is 376 g/mol. The minimum absolute atomic E-state index is 0.0395. The molecule has 0 fully saturated rings. The number of carbonyl (C=O) groups is 2. The fourth-order valence-corrected chi connectivity index (χ4v) is 2.30. The van der Waals surface area contributed by atoms with E-state index in [1.54, 1.807) is 39.8 Å². The first-order valence-corrected chi connectivity index (χ1v) is 8.72. The van der Waals surface area contributed by atoms with Gasteiger partial charge in [0.2, 0.25) is 5.52 Å². The average Bonchev–Trinajstić information content (AvgIpc) is 2.59. The number of nitrogens with zero attached hydrogens (tertiary/aromatic N) is 2. The molecule has 0 unspecified atom stereocenters. The molecule has 8 nitrogen and oxygen atoms in total. The number of fused-ring (bicyclic) bond motifs is 1. The summed E-state index contributed by atoms with van der Waals surface area (Å²) in [5, 5.41) is 12.8. The van der Waals surface area contributed by atoms with Crippen molar-refractivity contribution in [3.05, 3.63) is 34.8 Å². The Morgan fingerprint density at radius 3 is 2.44 bits per heavy atom. The second-order valence-corrected chi connectivity index (χ2v) is 6.83. The summed E-state index contributed by atoms with van der Waals surface area (Å²) in [6.45, 7) is 8.80. The topological polar surface area (TPSA) is 102 Å². The molecule has 0 spiro atoms. The fraction of sp³-hybridized carbons (Fsp3) is 0.474. The lowest BCUT2D eigenvalue weighted by Crippen LogP contribution is -2.39. The third kappa shape index (κ3) is 4.64. The third-order valence-corrected chi connectivity index (χ3v) is 3.63. The van der Waals surface area contributed by atoms with Gasteiger partial charge in [0.1, 0.15) is 17.9 Å². The highest BCUT2D eigenvalue weighted by molar-refractivity contribution is 5.88. The predicted octanol–water partition coefficient (Wildman–Crippen LogP) is 2.53. The summed E-state index contributed by atoms with van der Waals surface area (Å²) >= 11 is 0. The Bertz CT molecular complexity index is 857. The molecule has 0 saturated carbocycles. The van der Waals surface area contributed by atoms with Gasteiger partial charge in [-0.15, -0.1) is 0 Å². The molecule has 0 atom stereocenters. The lowest BCUT2D eigenvalue weighted by Gasteiger charge is -2.17. The highest BCUT2D eigenvalue weighted by atomic mass is 16.5. The number of hydrogen-bond acceptors (Lipinski definition) is 7. The maximum atomic E-state index is 12.8. The van der Waals surface area contributed by atoms with E-state index in [1.165, 1.54) is 6.07 Å². The normalized spacial score (nSPS) is 11.3. The number of ether oxygens (including phenoxy) is 3. The summed E-state index contributed by atoms with van der Waals surface area (Å²) in [5.41, 5.74) is -0.476. The number of benzene rings is 1. The molecule has 0 aliphatic carbocycles. The van der Waals surface area contributed by atoms with Crippen molar-refractivity contribution in [2.75, 3.05) is 13.2 Å². The van der Waals surface area contributed by atoms with Crippen LogP contribution >= 0.6 is 0 Å². The van der Waals surface area contributed by atoms with Crippen molar-refractivity contribution in [1.82, 2.24) is 4.98 Å². The molecule has 146 valence electrons. The van der Waals surface area contributed by atoms with Crippen molar-refractivity contribution in [2.24, 2.45) is 5.41 Å². The number of carbonyl (C=O) groups excluding carboxylic acids is 2. The summed E-state index contributed by atoms with van der Waals surface area (Å²) < 4.78 is 16.1. The smallest absolute Gasteiger partial charge is 0.407 e. The van der Waals surface area contributed by atoms with Gasteiger partial charge in [-0.3, -0.25) is 4.79 Å². The third-order valence-electron chi connectivity index (χ3n) is 3.63. The molecular weight excluding hydrogens is 352 g/mol. The lowest BCUT2D eigenvalue weighted by molar-refractivity contribution is -0.581. The zero-order valence-corrected chi connectivity index (χ0v) is 16.2. The van der Waals surface area contributed by atoms with Gasteiger partial charge >= 0.3 is 17.6 Å². The van der Waals surface area contributed by atoms with Gasteiger partial charge in [0.15, 0.2) is 5.69 Å². The van der Waals surface area contributed by atoms with E-state index in [0.29, 0.717) is 22.6 Å². The van der Waals surface area contributed by atoms with Crippen molar-refractivity contribution in [3.8, 4) is 5.75 Å². The van der Waals surface area contributed by atoms with Gasteiger partial charge in [0.05, 0.1) is 24.7 Å². The van der Waals surface area contributed by atoms with Crippen LogP contribution in [0.4, 0.5) is 0 Å². The first kappa shape index (κ1) is 20.4. The predicted molar refractivity (Wildman–Crippen MR) is 97.1 cm³/mol. The van der Waals surface area contributed by atoms with Gasteiger partial charge < -0.3 is 19.4 Å². The monoisotopic (exact) mass is 376 g/mol. The van der Waals surface area contributed by atoms with Crippen molar-refractivity contribution in [2.45, 2.75) is 41.2 Å². The first-order valence-electron chi connectivity index (χ1n) is 8.72. The lowest BCUT2D eigenvalue weighted by atomic mass is 9.97. The summed E-state index contributed by atoms with van der Waals surface area (Å²) in [5.74, 6) is -0.813. The Morgan fingerprint density at radius 1 is 1.15 bits per heavy atom. The zero-order valence-electron chi connectivity index (χ0n) is 16.2. The van der Waals surface area contributed by atoms with Crippen LogP contribution in [0.2, 0.25) is 0 Å². The van der Waals surface area contributed by atoms with E-state index in [9.17, 15) is 14.8 Å². The minimum Gasteiger partial charge on any atom is -0.618 e. The second kappa shape index (κ2) is 8.20. The van der Waals surface area contributed by atoms with Crippen LogP contribution in [0, 0.1) is 10.6 Å². The Balaban J connectivity index is 2.53. The van der Waals surface area contributed by atoms with Gasteiger partial charge in [0.25, 0.3) is 0 Å². The molecule has 0 N–H and O–H groups in total. The molecule has 0 aliphatic rings. The van der Waals surface area contributed by atoms with E-state index in [4.69, 9.17) is 14.2 Å². The van der Waals surface area contributed by atoms with Crippen LogP contribution in [-0.2, 0) is 20.9 Å². The van der Waals surface area contributed by atoms with Crippen LogP contribution in [0.15, 0.2) is 18.2 Å². The van der Waals surface area contributed by atoms with Gasteiger partial charge in [-0.1, -0.05) is 0 Å². The molecule has 0 radical (unpaired) electrons. The molecule has 27 heavy (non-hydrogen) atoms. The van der Waals surface area contributed by atoms with Gasteiger partial charge in [-0.25, -0.2) is 9.78 Å². The molecule has 0 saturated heterocycles. The van der Waals surface area contributed by atoms with Crippen LogP contribution in [-0.4, -0.2) is 30.1 Å². The Hall–Kier alpha value is -2.90. The molecule has 0 aliphatic heterocycles. The fourth-order valence-electron chi connectivity index (χ4n) is 2.30. The van der Waals surface area contributed by atoms with Crippen molar-refractivity contribution >= 4 is 23.0 Å². The number of esters is 2. The molecule has 0 bridgehead atoms. The zero-order chi connectivity index (χ0) is 20.2. The molecule has 2 aromatic rings. The van der Waals surface area contributed by atoms with Gasteiger partial charge in [-0.2, -0.15) is 4.73 Å². The quantitative estimate of drug-likeness (QED) is 0.434. The maximum absolute atomic E-state index is 12.8. The van der Waals surface area contributed by atoms with Crippen molar-refractivity contribution in [3.63, 3.8) is 0 Å². The van der Waals surface area contributed by atoms with E-state index < -0.39 is 17.4 Å². The van der Waals surface area contributed by atoms with E-state index >= 15 is 0 Å². The minimum atomic E-state index is -0.828. The molecule has 1 aromatic heterocycles. The van der Waals surface area contributed by atoms with Crippen molar-refractivity contribution < 1.29 is 28.5 Å². The summed E-state index contributed by atoms with van der Waals surface area (Å²) in [6.07, 6.45) is 0. The van der Waals surface area contributed by atoms with Crippen molar-refractivity contribution in [1.29, 1.82) is 0 Å². The highest BCUT2D eigenvalue weighted by Gasteiger charge is 2.30. The summed E-state index contributed by atoms with van der Waals surface area (Å²) in [6, 6.07) is 4.79. The Labute approximate surface area is 157 Å². The highest BCUT2D eigenvalue weighted by Crippen LogP contribution is 2.21. The summed E-state index contributed by atoms with van der Waals surface area (Å²) in [7, 11) is 0. The van der Waals surface area contributed by atoms with E-state index in [1.807, 2.05) is 6.92 Å². The largest absolute Gasteiger partial charge is 0.618 e. The summed E-state index contributed by atoms with van der Waals surface area (Å²) in [4.78, 5) is 28.7. The molecule has 0 amide bonds. The number of rotatable bonds is 6. The second-order valence-electron chi connectivity index (χ2n) is 6.83. The Morgan fingerprint density at radius 2 is 1.85 bits per heavy atom. The number of hydrogen-bond donors (Lipinski definition) is 0. The molecular formula is C19H24N2O6. The van der Waals surface area contributed by atoms with Gasteiger partial charge in [-0.05, 0) is 46.8 Å². The Kier molecular flexibility index (Phi) is 6.20. The standard InChI is InChI=1S/C19H24N2O6/c1-6-25-12-8-9-13-15(10-12)21(24)16(17(22)26-7-2)14(20-13)11-27-18(23)19(3,4)5/h8-10H,6-7,11H2,1-5H3. The van der Waals surface area contributed by atoms with E-state index in [2.05, 4.69) is 4.98 Å². The van der Waals surface area contributed by atoms with Crippen LogP contribution in [0.25, 0.3) is 11.0 Å². The van der Waals surface area contributed by atoms with Crippen LogP contribution in [0.5, 0.6) is 5.75 Å². The van der Waals surface area contributed by atoms with Gasteiger partial charge in [0, 0.05) is 0 Å². The molecule has 1 aromatic carbocycles. The molecule has 2 rings (SSSR count).